The van der Waals surface area contributed by atoms with E-state index in [1.165, 1.54) is 0 Å². The first-order valence-corrected chi connectivity index (χ1v) is 7.00. The number of hydrogen-bond donors (Lipinski definition) is 0. The van der Waals surface area contributed by atoms with Crippen LogP contribution in [0.25, 0.3) is 0 Å². The Morgan fingerprint density at radius 2 is 2.26 bits per heavy atom. The van der Waals surface area contributed by atoms with Crippen molar-refractivity contribution in [2.75, 3.05) is 27.4 Å². The van der Waals surface area contributed by atoms with Gasteiger partial charge in [0.05, 0.1) is 18.8 Å². The summed E-state index contributed by atoms with van der Waals surface area (Å²) in [6, 6.07) is 1.92. The molecule has 1 fully saturated rings. The van der Waals surface area contributed by atoms with Gasteiger partial charge in [0, 0.05) is 38.5 Å². The van der Waals surface area contributed by atoms with Crippen LogP contribution in [0.15, 0.2) is 16.7 Å². The predicted molar refractivity (Wildman–Crippen MR) is 75.2 cm³/mol. The van der Waals surface area contributed by atoms with Crippen molar-refractivity contribution in [3.05, 3.63) is 22.4 Å². The zero-order valence-electron chi connectivity index (χ0n) is 11.4. The lowest BCUT2D eigenvalue weighted by Gasteiger charge is -2.23. The number of methoxy groups -OCH3 is 2. The number of rotatable bonds is 4. The predicted octanol–water partition coefficient (Wildman–Crippen LogP) is 1.66. The SMILES string of the molecule is COC[C@@H]1C[C@H](OC)CN1C(=O)c1cc(Br)cn1C. The molecule has 0 saturated carbocycles. The molecule has 5 nitrogen and oxygen atoms in total. The topological polar surface area (TPSA) is 43.7 Å². The molecule has 2 heterocycles. The Hall–Kier alpha value is -0.850. The van der Waals surface area contributed by atoms with Crippen molar-refractivity contribution in [3.63, 3.8) is 0 Å². The molecule has 6 heteroatoms. The van der Waals surface area contributed by atoms with Crippen LogP contribution in [0.1, 0.15) is 16.9 Å². The van der Waals surface area contributed by atoms with Crippen molar-refractivity contribution in [3.8, 4) is 0 Å². The molecule has 1 aliphatic heterocycles. The summed E-state index contributed by atoms with van der Waals surface area (Å²) in [6.07, 6.45) is 2.79. The molecule has 1 aliphatic rings. The number of carbonyl (C=O) groups is 1. The minimum atomic E-state index is 0.0230. The normalized spacial score (nSPS) is 23.1. The van der Waals surface area contributed by atoms with Gasteiger partial charge in [-0.25, -0.2) is 0 Å². The lowest BCUT2D eigenvalue weighted by Crippen LogP contribution is -2.39. The summed E-state index contributed by atoms with van der Waals surface area (Å²) in [5, 5.41) is 0. The smallest absolute Gasteiger partial charge is 0.270 e. The quantitative estimate of drug-likeness (QED) is 0.843. The number of ether oxygens (including phenoxy) is 2. The highest BCUT2D eigenvalue weighted by Crippen LogP contribution is 2.24. The molecule has 1 amide bonds. The number of hydrogen-bond acceptors (Lipinski definition) is 3. The fourth-order valence-electron chi connectivity index (χ4n) is 2.53. The fourth-order valence-corrected chi connectivity index (χ4v) is 3.05. The highest BCUT2D eigenvalue weighted by atomic mass is 79.9. The van der Waals surface area contributed by atoms with Crippen molar-refractivity contribution in [2.45, 2.75) is 18.6 Å². The van der Waals surface area contributed by atoms with E-state index in [0.717, 1.165) is 10.9 Å². The maximum absolute atomic E-state index is 12.6. The molecule has 0 radical (unpaired) electrons. The van der Waals surface area contributed by atoms with E-state index in [0.29, 0.717) is 18.8 Å². The van der Waals surface area contributed by atoms with Gasteiger partial charge in [-0.15, -0.1) is 0 Å². The fraction of sp³-hybridized carbons (Fsp3) is 0.615. The molecule has 0 unspecified atom stereocenters. The lowest BCUT2D eigenvalue weighted by atomic mass is 10.2. The van der Waals surface area contributed by atoms with Gasteiger partial charge in [0.1, 0.15) is 5.69 Å². The number of aromatic nitrogens is 1. The van der Waals surface area contributed by atoms with E-state index < -0.39 is 0 Å². The van der Waals surface area contributed by atoms with Gasteiger partial charge in [-0.1, -0.05) is 0 Å². The lowest BCUT2D eigenvalue weighted by molar-refractivity contribution is 0.0603. The van der Waals surface area contributed by atoms with Crippen molar-refractivity contribution >= 4 is 21.8 Å². The van der Waals surface area contributed by atoms with Crippen LogP contribution in [0.5, 0.6) is 0 Å². The molecule has 1 aromatic rings. The molecule has 2 rings (SSSR count). The minimum absolute atomic E-state index is 0.0230. The van der Waals surface area contributed by atoms with E-state index in [1.807, 2.05) is 28.8 Å². The molecule has 0 aromatic carbocycles. The van der Waals surface area contributed by atoms with Crippen LogP contribution >= 0.6 is 15.9 Å². The highest BCUT2D eigenvalue weighted by molar-refractivity contribution is 9.10. The summed E-state index contributed by atoms with van der Waals surface area (Å²) >= 11 is 3.39. The average molecular weight is 331 g/mol. The molecule has 0 N–H and O–H groups in total. The molecular weight excluding hydrogens is 312 g/mol. The van der Waals surface area contributed by atoms with Crippen molar-refractivity contribution in [2.24, 2.45) is 7.05 Å². The molecule has 0 bridgehead atoms. The minimum Gasteiger partial charge on any atom is -0.383 e. The molecule has 0 spiro atoms. The summed E-state index contributed by atoms with van der Waals surface area (Å²) in [4.78, 5) is 14.4. The first kappa shape index (κ1) is 14.6. The maximum Gasteiger partial charge on any atom is 0.270 e. The molecule has 1 aromatic heterocycles. The number of nitrogens with zero attached hydrogens (tertiary/aromatic N) is 2. The van der Waals surface area contributed by atoms with Gasteiger partial charge < -0.3 is 18.9 Å². The van der Waals surface area contributed by atoms with E-state index >= 15 is 0 Å². The third kappa shape index (κ3) is 3.01. The van der Waals surface area contributed by atoms with Crippen LogP contribution in [-0.4, -0.2) is 54.9 Å². The number of aryl methyl sites for hydroxylation is 1. The molecule has 0 aliphatic carbocycles. The van der Waals surface area contributed by atoms with Crippen molar-refractivity contribution in [1.29, 1.82) is 0 Å². The Balaban J connectivity index is 2.19. The van der Waals surface area contributed by atoms with E-state index in [9.17, 15) is 4.79 Å². The second kappa shape index (κ2) is 6.07. The number of likely N-dealkylation sites (tertiary alicyclic amines) is 1. The largest absolute Gasteiger partial charge is 0.383 e. The Morgan fingerprint density at radius 1 is 1.53 bits per heavy atom. The molecule has 2 atom stereocenters. The van der Waals surface area contributed by atoms with Crippen LogP contribution < -0.4 is 0 Å². The summed E-state index contributed by atoms with van der Waals surface area (Å²) < 4.78 is 13.3. The summed E-state index contributed by atoms with van der Waals surface area (Å²) in [6.45, 7) is 1.16. The Labute approximate surface area is 121 Å². The molecule has 106 valence electrons. The van der Waals surface area contributed by atoms with E-state index in [4.69, 9.17) is 9.47 Å². The van der Waals surface area contributed by atoms with Crippen LogP contribution in [0.4, 0.5) is 0 Å². The zero-order valence-corrected chi connectivity index (χ0v) is 13.0. The summed E-state index contributed by atoms with van der Waals surface area (Å²) in [5.41, 5.74) is 0.671. The van der Waals surface area contributed by atoms with E-state index in [1.54, 1.807) is 14.2 Å². The maximum atomic E-state index is 12.6. The van der Waals surface area contributed by atoms with Gasteiger partial charge in [-0.05, 0) is 28.4 Å². The molecular formula is C13H19BrN2O3. The van der Waals surface area contributed by atoms with Crippen LogP contribution in [0.2, 0.25) is 0 Å². The van der Waals surface area contributed by atoms with Gasteiger partial charge in [0.15, 0.2) is 0 Å². The van der Waals surface area contributed by atoms with Gasteiger partial charge in [0.2, 0.25) is 0 Å². The van der Waals surface area contributed by atoms with E-state index in [-0.39, 0.29) is 18.1 Å². The third-order valence-corrected chi connectivity index (χ3v) is 3.95. The number of amides is 1. The Kier molecular flexibility index (Phi) is 4.65. The molecule has 19 heavy (non-hydrogen) atoms. The second-order valence-electron chi connectivity index (χ2n) is 4.81. The Morgan fingerprint density at radius 3 is 2.79 bits per heavy atom. The standard InChI is InChI=1S/C13H19BrN2O3/c1-15-6-9(14)4-12(15)13(17)16-7-11(19-3)5-10(16)8-18-2/h4,6,10-11H,5,7-8H2,1-3H3/t10-,11-/m0/s1. The average Bonchev–Trinajstić information content (AvgIpc) is 2.92. The zero-order chi connectivity index (χ0) is 14.0. The van der Waals surface area contributed by atoms with Crippen LogP contribution in [-0.2, 0) is 16.5 Å². The Bertz CT molecular complexity index is 461. The monoisotopic (exact) mass is 330 g/mol. The third-order valence-electron chi connectivity index (χ3n) is 3.52. The van der Waals surface area contributed by atoms with Gasteiger partial charge in [-0.3, -0.25) is 4.79 Å². The molecule has 1 saturated heterocycles. The summed E-state index contributed by atoms with van der Waals surface area (Å²) in [5.74, 6) is 0.0230. The first-order chi connectivity index (χ1) is 9.06. The summed E-state index contributed by atoms with van der Waals surface area (Å²) in [7, 11) is 5.21. The van der Waals surface area contributed by atoms with Gasteiger partial charge in [-0.2, -0.15) is 0 Å². The van der Waals surface area contributed by atoms with Gasteiger partial charge >= 0.3 is 0 Å². The highest BCUT2D eigenvalue weighted by Gasteiger charge is 2.36. The number of carbonyl (C=O) groups excluding carboxylic acids is 1. The second-order valence-corrected chi connectivity index (χ2v) is 5.73. The van der Waals surface area contributed by atoms with E-state index in [2.05, 4.69) is 15.9 Å². The van der Waals surface area contributed by atoms with Crippen LogP contribution in [0.3, 0.4) is 0 Å². The van der Waals surface area contributed by atoms with Crippen LogP contribution in [0, 0.1) is 0 Å². The first-order valence-electron chi connectivity index (χ1n) is 6.21. The number of halogens is 1. The van der Waals surface area contributed by atoms with Crippen molar-refractivity contribution in [1.82, 2.24) is 9.47 Å². The van der Waals surface area contributed by atoms with Gasteiger partial charge in [0.25, 0.3) is 5.91 Å². The van der Waals surface area contributed by atoms with Crippen molar-refractivity contribution < 1.29 is 14.3 Å².